The van der Waals surface area contributed by atoms with E-state index in [1.807, 2.05) is 42.2 Å². The fourth-order valence-corrected chi connectivity index (χ4v) is 4.02. The van der Waals surface area contributed by atoms with Crippen molar-refractivity contribution in [2.24, 2.45) is 0 Å². The summed E-state index contributed by atoms with van der Waals surface area (Å²) in [5.41, 5.74) is 2.01. The highest BCUT2D eigenvalue weighted by atomic mass is 16.5. The van der Waals surface area contributed by atoms with Gasteiger partial charge in [-0.15, -0.1) is 0 Å². The summed E-state index contributed by atoms with van der Waals surface area (Å²) in [7, 11) is 0. The van der Waals surface area contributed by atoms with Crippen LogP contribution in [0.25, 0.3) is 0 Å². The Morgan fingerprint density at radius 1 is 1.07 bits per heavy atom. The van der Waals surface area contributed by atoms with E-state index in [9.17, 15) is 4.79 Å². The van der Waals surface area contributed by atoms with Crippen LogP contribution in [0.2, 0.25) is 0 Å². The van der Waals surface area contributed by atoms with Gasteiger partial charge in [0, 0.05) is 25.7 Å². The van der Waals surface area contributed by atoms with Crippen molar-refractivity contribution in [2.75, 3.05) is 31.6 Å². The zero-order chi connectivity index (χ0) is 19.3. The molecule has 5 heteroatoms. The van der Waals surface area contributed by atoms with Crippen molar-refractivity contribution in [1.29, 1.82) is 0 Å². The van der Waals surface area contributed by atoms with Gasteiger partial charge in [-0.05, 0) is 43.9 Å². The van der Waals surface area contributed by atoms with Crippen molar-refractivity contribution >= 4 is 11.7 Å². The van der Waals surface area contributed by atoms with E-state index in [4.69, 9.17) is 4.74 Å². The molecule has 2 aliphatic rings. The number of carbonyl (C=O) groups excluding carboxylic acids is 1. The van der Waals surface area contributed by atoms with Gasteiger partial charge in [-0.3, -0.25) is 4.90 Å². The van der Waals surface area contributed by atoms with E-state index in [0.29, 0.717) is 6.61 Å². The van der Waals surface area contributed by atoms with Crippen molar-refractivity contribution in [1.82, 2.24) is 9.80 Å². The number of rotatable bonds is 6. The molecule has 2 aromatic carbocycles. The maximum atomic E-state index is 13.2. The van der Waals surface area contributed by atoms with Crippen molar-refractivity contribution in [3.8, 4) is 5.75 Å². The van der Waals surface area contributed by atoms with Gasteiger partial charge in [0.05, 0.1) is 18.3 Å². The molecule has 1 atom stereocenters. The first-order valence-electron chi connectivity index (χ1n) is 10.3. The summed E-state index contributed by atoms with van der Waals surface area (Å²) in [4.78, 5) is 17.7. The molecule has 0 aromatic heterocycles. The zero-order valence-corrected chi connectivity index (χ0v) is 16.5. The number of nitrogens with zero attached hydrogens (tertiary/aromatic N) is 2. The Hall–Kier alpha value is -2.53. The van der Waals surface area contributed by atoms with Gasteiger partial charge in [-0.25, -0.2) is 4.79 Å². The second kappa shape index (κ2) is 8.65. The number of carbonyl (C=O) groups is 1. The van der Waals surface area contributed by atoms with E-state index in [0.717, 1.165) is 43.5 Å². The molecule has 28 heavy (non-hydrogen) atoms. The maximum Gasteiger partial charge on any atom is 0.322 e. The number of piperazine rings is 1. The third-order valence-corrected chi connectivity index (χ3v) is 5.58. The lowest BCUT2D eigenvalue weighted by atomic mass is 10.0. The van der Waals surface area contributed by atoms with Crippen LogP contribution in [0.15, 0.2) is 54.6 Å². The molecule has 2 fully saturated rings. The molecule has 2 amide bonds. The fraction of sp³-hybridized carbons (Fsp3) is 0.435. The van der Waals surface area contributed by atoms with Gasteiger partial charge >= 0.3 is 6.03 Å². The molecule has 0 spiro atoms. The summed E-state index contributed by atoms with van der Waals surface area (Å²) < 4.78 is 5.66. The zero-order valence-electron chi connectivity index (χ0n) is 16.5. The third-order valence-electron chi connectivity index (χ3n) is 5.58. The Morgan fingerprint density at radius 3 is 2.57 bits per heavy atom. The maximum absolute atomic E-state index is 13.2. The summed E-state index contributed by atoms with van der Waals surface area (Å²) in [6, 6.07) is 19.0. The van der Waals surface area contributed by atoms with Crippen LogP contribution >= 0.6 is 0 Å². The van der Waals surface area contributed by atoms with Crippen molar-refractivity contribution in [3.05, 3.63) is 60.2 Å². The predicted octanol–water partition coefficient (Wildman–Crippen LogP) is 4.01. The molecule has 5 nitrogen and oxygen atoms in total. The Morgan fingerprint density at radius 2 is 1.82 bits per heavy atom. The van der Waals surface area contributed by atoms with Crippen LogP contribution in [0, 0.1) is 0 Å². The first-order chi connectivity index (χ1) is 13.7. The molecule has 1 saturated carbocycles. The largest absolute Gasteiger partial charge is 0.492 e. The van der Waals surface area contributed by atoms with Crippen LogP contribution in [0.4, 0.5) is 10.5 Å². The van der Waals surface area contributed by atoms with Crippen molar-refractivity contribution in [2.45, 2.75) is 38.3 Å². The molecule has 1 heterocycles. The average molecular weight is 380 g/mol. The molecular formula is C23H29N3O2. The standard InChI is InChI=1S/C23H29N3O2/c1-2-28-22-11-7-6-10-21(22)24-23(27)26-15-14-25(19-12-13-19)17-20(26)16-18-8-4-3-5-9-18/h3-11,19-20H,2,12-17H2,1H3,(H,24,27). The van der Waals surface area contributed by atoms with E-state index in [1.54, 1.807) is 0 Å². The molecule has 0 bridgehead atoms. The van der Waals surface area contributed by atoms with Gasteiger partial charge in [0.1, 0.15) is 5.75 Å². The van der Waals surface area contributed by atoms with Crippen LogP contribution in [0.3, 0.4) is 0 Å². The normalized spacial score (nSPS) is 20.0. The van der Waals surface area contributed by atoms with Crippen molar-refractivity contribution < 1.29 is 9.53 Å². The van der Waals surface area contributed by atoms with Gasteiger partial charge < -0.3 is 15.0 Å². The average Bonchev–Trinajstić information content (AvgIpc) is 3.56. The van der Waals surface area contributed by atoms with Gasteiger partial charge in [0.25, 0.3) is 0 Å². The second-order valence-corrected chi connectivity index (χ2v) is 7.62. The van der Waals surface area contributed by atoms with E-state index < -0.39 is 0 Å². The van der Waals surface area contributed by atoms with E-state index in [-0.39, 0.29) is 12.1 Å². The van der Waals surface area contributed by atoms with Crippen LogP contribution in [-0.4, -0.2) is 54.2 Å². The minimum Gasteiger partial charge on any atom is -0.492 e. The number of amides is 2. The fourth-order valence-electron chi connectivity index (χ4n) is 4.02. The van der Waals surface area contributed by atoms with Gasteiger partial charge in [-0.1, -0.05) is 42.5 Å². The lowest BCUT2D eigenvalue weighted by Gasteiger charge is -2.41. The topological polar surface area (TPSA) is 44.8 Å². The van der Waals surface area contributed by atoms with Crippen LogP contribution in [0.5, 0.6) is 5.75 Å². The Bertz CT molecular complexity index is 791. The lowest BCUT2D eigenvalue weighted by Crippen LogP contribution is -2.57. The highest BCUT2D eigenvalue weighted by Gasteiger charge is 2.37. The Balaban J connectivity index is 1.49. The number of hydrogen-bond donors (Lipinski definition) is 1. The molecule has 1 saturated heterocycles. The van der Waals surface area contributed by atoms with Gasteiger partial charge in [-0.2, -0.15) is 0 Å². The molecule has 1 aliphatic heterocycles. The first-order valence-corrected chi connectivity index (χ1v) is 10.3. The van der Waals surface area contributed by atoms with Gasteiger partial charge in [0.15, 0.2) is 0 Å². The number of hydrogen-bond acceptors (Lipinski definition) is 3. The number of para-hydroxylation sites is 2. The minimum absolute atomic E-state index is 0.0384. The van der Waals surface area contributed by atoms with Gasteiger partial charge in [0.2, 0.25) is 0 Å². The number of ether oxygens (including phenoxy) is 1. The van der Waals surface area contributed by atoms with Crippen LogP contribution in [-0.2, 0) is 6.42 Å². The Kier molecular flexibility index (Phi) is 5.81. The first kappa shape index (κ1) is 18.8. The van der Waals surface area contributed by atoms with E-state index >= 15 is 0 Å². The lowest BCUT2D eigenvalue weighted by molar-refractivity contribution is 0.0954. The third kappa shape index (κ3) is 4.47. The molecule has 1 aliphatic carbocycles. The summed E-state index contributed by atoms with van der Waals surface area (Å²) in [5.74, 6) is 0.717. The van der Waals surface area contributed by atoms with Crippen LogP contribution in [0.1, 0.15) is 25.3 Å². The smallest absolute Gasteiger partial charge is 0.322 e. The highest BCUT2D eigenvalue weighted by Crippen LogP contribution is 2.30. The summed E-state index contributed by atoms with van der Waals surface area (Å²) >= 11 is 0. The van der Waals surface area contributed by atoms with Crippen LogP contribution < -0.4 is 10.1 Å². The molecule has 148 valence electrons. The minimum atomic E-state index is -0.0384. The number of urea groups is 1. The van der Waals surface area contributed by atoms with Crippen molar-refractivity contribution in [3.63, 3.8) is 0 Å². The van der Waals surface area contributed by atoms with E-state index in [2.05, 4.69) is 34.5 Å². The molecule has 1 unspecified atom stereocenters. The molecule has 0 radical (unpaired) electrons. The van der Waals surface area contributed by atoms with E-state index in [1.165, 1.54) is 18.4 Å². The monoisotopic (exact) mass is 379 g/mol. The molecular weight excluding hydrogens is 350 g/mol. The number of nitrogens with one attached hydrogen (secondary N) is 1. The molecule has 4 rings (SSSR count). The molecule has 2 aromatic rings. The summed E-state index contributed by atoms with van der Waals surface area (Å²) in [6.45, 7) is 5.18. The SMILES string of the molecule is CCOc1ccccc1NC(=O)N1CCN(C2CC2)CC1Cc1ccccc1. The quantitative estimate of drug-likeness (QED) is 0.825. The summed E-state index contributed by atoms with van der Waals surface area (Å²) in [6.07, 6.45) is 3.47. The highest BCUT2D eigenvalue weighted by molar-refractivity contribution is 5.91. The Labute approximate surface area is 167 Å². The number of benzene rings is 2. The molecule has 1 N–H and O–H groups in total. The predicted molar refractivity (Wildman–Crippen MR) is 112 cm³/mol. The summed E-state index contributed by atoms with van der Waals surface area (Å²) in [5, 5.41) is 3.08. The second-order valence-electron chi connectivity index (χ2n) is 7.62. The number of anilines is 1.